The Kier molecular flexibility index (Phi) is 2.35. The van der Waals surface area contributed by atoms with Crippen molar-refractivity contribution in [3.8, 4) is 10.6 Å². The maximum atomic E-state index is 6.21. The number of nitrogens with zero attached hydrogens (tertiary/aromatic N) is 3. The van der Waals surface area contributed by atoms with Gasteiger partial charge in [-0.3, -0.25) is 0 Å². The van der Waals surface area contributed by atoms with Gasteiger partial charge in [-0.2, -0.15) is 5.10 Å². The van der Waals surface area contributed by atoms with Gasteiger partial charge in [-0.25, -0.2) is 9.50 Å². The predicted molar refractivity (Wildman–Crippen MR) is 66.3 cm³/mol. The highest BCUT2D eigenvalue weighted by Gasteiger charge is 2.13. The van der Waals surface area contributed by atoms with Gasteiger partial charge in [0.2, 0.25) is 0 Å². The summed E-state index contributed by atoms with van der Waals surface area (Å²) in [6, 6.07) is 7.41. The van der Waals surface area contributed by atoms with E-state index in [9.17, 15) is 0 Å². The zero-order chi connectivity index (χ0) is 11.1. The summed E-state index contributed by atoms with van der Waals surface area (Å²) in [5.74, 6) is 0. The topological polar surface area (TPSA) is 30.2 Å². The van der Waals surface area contributed by atoms with Gasteiger partial charge in [0.15, 0.2) is 10.8 Å². The van der Waals surface area contributed by atoms with E-state index in [-0.39, 0.29) is 0 Å². The quantitative estimate of drug-likeness (QED) is 0.673. The van der Waals surface area contributed by atoms with E-state index in [1.807, 2.05) is 17.5 Å². The molecule has 0 saturated carbocycles. The van der Waals surface area contributed by atoms with Crippen LogP contribution in [0.1, 0.15) is 0 Å². The van der Waals surface area contributed by atoms with Crippen molar-refractivity contribution in [1.82, 2.24) is 14.6 Å². The van der Waals surface area contributed by atoms with Crippen LogP contribution in [0.3, 0.4) is 0 Å². The van der Waals surface area contributed by atoms with Crippen LogP contribution >= 0.6 is 34.5 Å². The summed E-state index contributed by atoms with van der Waals surface area (Å²) in [5, 5.41) is 6.96. The molecule has 0 unspecified atom stereocenters. The monoisotopic (exact) mass is 269 g/mol. The van der Waals surface area contributed by atoms with Gasteiger partial charge >= 0.3 is 0 Å². The molecule has 6 heteroatoms. The van der Waals surface area contributed by atoms with Gasteiger partial charge in [0.1, 0.15) is 10.8 Å². The van der Waals surface area contributed by atoms with Crippen LogP contribution in [0.5, 0.6) is 0 Å². The number of aromatic nitrogens is 3. The molecule has 0 aromatic carbocycles. The molecule has 0 amide bonds. The summed E-state index contributed by atoms with van der Waals surface area (Å²) in [7, 11) is 0. The molecule has 3 heterocycles. The van der Waals surface area contributed by atoms with Crippen molar-refractivity contribution in [3.05, 3.63) is 40.0 Å². The van der Waals surface area contributed by atoms with Crippen molar-refractivity contribution >= 4 is 40.2 Å². The first kappa shape index (κ1) is 10.1. The number of fused-ring (bicyclic) bond motifs is 1. The summed E-state index contributed by atoms with van der Waals surface area (Å²) in [5.41, 5.74) is 1.43. The third-order valence-electron chi connectivity index (χ3n) is 2.14. The molecule has 0 radical (unpaired) electrons. The molecule has 3 nitrogen and oxygen atoms in total. The van der Waals surface area contributed by atoms with E-state index >= 15 is 0 Å². The molecular formula is C10H5Cl2N3S. The smallest absolute Gasteiger partial charge is 0.160 e. The van der Waals surface area contributed by atoms with E-state index in [1.165, 1.54) is 0 Å². The van der Waals surface area contributed by atoms with Crippen molar-refractivity contribution in [3.63, 3.8) is 0 Å². The lowest BCUT2D eigenvalue weighted by Crippen LogP contribution is -1.90. The van der Waals surface area contributed by atoms with Gasteiger partial charge in [0, 0.05) is 0 Å². The van der Waals surface area contributed by atoms with Crippen molar-refractivity contribution in [2.75, 3.05) is 0 Å². The minimum Gasteiger partial charge on any atom is -0.224 e. The van der Waals surface area contributed by atoms with Crippen LogP contribution in [-0.4, -0.2) is 14.6 Å². The molecule has 3 aromatic heterocycles. The third-order valence-corrected chi connectivity index (χ3v) is 3.56. The Morgan fingerprint density at radius 1 is 1.19 bits per heavy atom. The number of hydrogen-bond acceptors (Lipinski definition) is 3. The van der Waals surface area contributed by atoms with Crippen LogP contribution in [0.25, 0.3) is 16.2 Å². The minimum atomic E-state index is 0.393. The second-order valence-electron chi connectivity index (χ2n) is 3.15. The van der Waals surface area contributed by atoms with E-state index in [0.29, 0.717) is 16.0 Å². The van der Waals surface area contributed by atoms with E-state index in [1.54, 1.807) is 28.0 Å². The standard InChI is InChI=1S/C10H5Cl2N3S/c11-7-3-4-8-13-9(6-2-1-5-16-6)10(12)15(8)14-7/h1-5H. The highest BCUT2D eigenvalue weighted by Crippen LogP contribution is 2.31. The molecule has 0 aliphatic heterocycles. The SMILES string of the molecule is Clc1ccc2nc(-c3cccs3)c(Cl)n2n1. The Balaban J connectivity index is 2.32. The van der Waals surface area contributed by atoms with Crippen LogP contribution in [0.4, 0.5) is 0 Å². The van der Waals surface area contributed by atoms with Crippen molar-refractivity contribution in [2.24, 2.45) is 0 Å². The van der Waals surface area contributed by atoms with Gasteiger partial charge in [-0.15, -0.1) is 11.3 Å². The third kappa shape index (κ3) is 1.50. The normalized spacial score (nSPS) is 11.1. The average Bonchev–Trinajstić information content (AvgIpc) is 2.87. The molecule has 0 atom stereocenters. The fourth-order valence-electron chi connectivity index (χ4n) is 1.45. The van der Waals surface area contributed by atoms with Crippen LogP contribution in [-0.2, 0) is 0 Å². The summed E-state index contributed by atoms with van der Waals surface area (Å²) in [6.07, 6.45) is 0. The average molecular weight is 270 g/mol. The Morgan fingerprint density at radius 3 is 2.81 bits per heavy atom. The first-order valence-corrected chi connectivity index (χ1v) is 6.14. The van der Waals surface area contributed by atoms with Crippen molar-refractivity contribution < 1.29 is 0 Å². The van der Waals surface area contributed by atoms with Gasteiger partial charge < -0.3 is 0 Å². The zero-order valence-electron chi connectivity index (χ0n) is 7.89. The summed E-state index contributed by atoms with van der Waals surface area (Å²) in [4.78, 5) is 5.44. The lowest BCUT2D eigenvalue weighted by atomic mass is 10.4. The van der Waals surface area contributed by atoms with Crippen molar-refractivity contribution in [1.29, 1.82) is 0 Å². The van der Waals surface area contributed by atoms with Crippen LogP contribution in [0, 0.1) is 0 Å². The molecule has 0 fully saturated rings. The Labute approximate surface area is 105 Å². The summed E-state index contributed by atoms with van der Waals surface area (Å²) >= 11 is 13.6. The molecule has 0 bridgehead atoms. The molecule has 0 spiro atoms. The fraction of sp³-hybridized carbons (Fsp3) is 0. The first-order chi connectivity index (χ1) is 7.75. The summed E-state index contributed by atoms with van der Waals surface area (Å²) in [6.45, 7) is 0. The molecule has 0 saturated heterocycles. The van der Waals surface area contributed by atoms with E-state index in [2.05, 4.69) is 10.1 Å². The first-order valence-electron chi connectivity index (χ1n) is 4.50. The molecule has 0 aliphatic rings. The lowest BCUT2D eigenvalue weighted by molar-refractivity contribution is 0.937. The molecular weight excluding hydrogens is 265 g/mol. The number of rotatable bonds is 1. The van der Waals surface area contributed by atoms with Crippen LogP contribution in [0.15, 0.2) is 29.6 Å². The predicted octanol–water partition coefficient (Wildman–Crippen LogP) is 3.76. The maximum Gasteiger partial charge on any atom is 0.160 e. The maximum absolute atomic E-state index is 6.21. The molecule has 3 aromatic rings. The molecule has 3 rings (SSSR count). The number of imidazole rings is 1. The van der Waals surface area contributed by atoms with E-state index in [0.717, 1.165) is 10.6 Å². The molecule has 0 N–H and O–H groups in total. The number of halogens is 2. The van der Waals surface area contributed by atoms with Gasteiger partial charge in [0.25, 0.3) is 0 Å². The fourth-order valence-corrected chi connectivity index (χ4v) is 2.63. The van der Waals surface area contributed by atoms with Crippen LogP contribution in [0.2, 0.25) is 10.3 Å². The highest BCUT2D eigenvalue weighted by atomic mass is 35.5. The van der Waals surface area contributed by atoms with E-state index in [4.69, 9.17) is 23.2 Å². The van der Waals surface area contributed by atoms with Crippen molar-refractivity contribution in [2.45, 2.75) is 0 Å². The lowest BCUT2D eigenvalue weighted by Gasteiger charge is -1.93. The van der Waals surface area contributed by atoms with Gasteiger partial charge in [-0.1, -0.05) is 29.3 Å². The molecule has 80 valence electrons. The number of thiophene rings is 1. The molecule has 16 heavy (non-hydrogen) atoms. The van der Waals surface area contributed by atoms with Gasteiger partial charge in [0.05, 0.1) is 4.88 Å². The van der Waals surface area contributed by atoms with Crippen LogP contribution < -0.4 is 0 Å². The minimum absolute atomic E-state index is 0.393. The molecule has 0 aliphatic carbocycles. The Bertz CT molecular complexity index is 645. The second kappa shape index (κ2) is 3.73. The largest absolute Gasteiger partial charge is 0.224 e. The Hall–Kier alpha value is -1.10. The Morgan fingerprint density at radius 2 is 2.06 bits per heavy atom. The highest BCUT2D eigenvalue weighted by molar-refractivity contribution is 7.13. The second-order valence-corrected chi connectivity index (χ2v) is 4.85. The summed E-state index contributed by atoms with van der Waals surface area (Å²) < 4.78 is 1.54. The van der Waals surface area contributed by atoms with Gasteiger partial charge in [-0.05, 0) is 23.6 Å². The number of hydrogen-bond donors (Lipinski definition) is 0. The van der Waals surface area contributed by atoms with E-state index < -0.39 is 0 Å². The zero-order valence-corrected chi connectivity index (χ0v) is 10.2.